The van der Waals surface area contributed by atoms with E-state index in [1.807, 2.05) is 0 Å². The lowest BCUT2D eigenvalue weighted by Gasteiger charge is -2.30. The molecule has 0 rings (SSSR count). The molecule has 0 radical (unpaired) electrons. The van der Waals surface area contributed by atoms with Gasteiger partial charge >= 0.3 is 5.97 Å². The normalized spacial score (nSPS) is 12.0. The van der Waals surface area contributed by atoms with Crippen LogP contribution in [0.1, 0.15) is 33.6 Å². The van der Waals surface area contributed by atoms with Crippen LogP contribution in [0.5, 0.6) is 0 Å². The Morgan fingerprint density at radius 2 is 1.71 bits per heavy atom. The van der Waals surface area contributed by atoms with Gasteiger partial charge in [-0.3, -0.25) is 4.79 Å². The molecule has 17 heavy (non-hydrogen) atoms. The molecule has 1 N–H and O–H groups in total. The van der Waals surface area contributed by atoms with Crippen LogP contribution in [0.25, 0.3) is 0 Å². The van der Waals surface area contributed by atoms with Gasteiger partial charge in [0.25, 0.3) is 0 Å². The average molecular weight is 240 g/mol. The molecule has 0 aromatic rings. The van der Waals surface area contributed by atoms with Gasteiger partial charge in [-0.25, -0.2) is 0 Å². The highest BCUT2D eigenvalue weighted by molar-refractivity contribution is 5.75. The van der Waals surface area contributed by atoms with Crippen molar-refractivity contribution in [3.8, 4) is 0 Å². The van der Waals surface area contributed by atoms with Gasteiger partial charge in [-0.1, -0.05) is 12.2 Å². The van der Waals surface area contributed by atoms with Crippen molar-refractivity contribution < 1.29 is 14.6 Å². The Kier molecular flexibility index (Phi) is 6.18. The molecule has 0 atom stereocenters. The first kappa shape index (κ1) is 15.9. The van der Waals surface area contributed by atoms with E-state index in [1.54, 1.807) is 32.9 Å². The van der Waals surface area contributed by atoms with Crippen LogP contribution in [0, 0.1) is 10.8 Å². The first-order valence-electron chi connectivity index (χ1n) is 5.81. The number of carbonyl (C=O) groups excluding carboxylic acids is 1. The number of aliphatic hydroxyl groups excluding tert-OH is 1. The van der Waals surface area contributed by atoms with Gasteiger partial charge in [0.1, 0.15) is 0 Å². The molecule has 0 aliphatic heterocycles. The first-order chi connectivity index (χ1) is 7.81. The zero-order valence-corrected chi connectivity index (χ0v) is 11.2. The summed E-state index contributed by atoms with van der Waals surface area (Å²) in [6.07, 6.45) is 4.63. The third-order valence-electron chi connectivity index (χ3n) is 2.61. The summed E-state index contributed by atoms with van der Waals surface area (Å²) in [5.74, 6) is -0.261. The summed E-state index contributed by atoms with van der Waals surface area (Å²) in [4.78, 5) is 11.7. The van der Waals surface area contributed by atoms with E-state index < -0.39 is 10.8 Å². The van der Waals surface area contributed by atoms with Gasteiger partial charge in [0, 0.05) is 5.41 Å². The van der Waals surface area contributed by atoms with Gasteiger partial charge in [-0.15, -0.1) is 13.2 Å². The second-order valence-electron chi connectivity index (χ2n) is 5.47. The van der Waals surface area contributed by atoms with Crippen molar-refractivity contribution in [1.82, 2.24) is 0 Å². The van der Waals surface area contributed by atoms with Gasteiger partial charge in [0.05, 0.1) is 18.6 Å². The molecule has 3 nitrogen and oxygen atoms in total. The number of aliphatic hydroxyl groups is 1. The van der Waals surface area contributed by atoms with Crippen molar-refractivity contribution in [3.63, 3.8) is 0 Å². The molecule has 0 aliphatic rings. The monoisotopic (exact) mass is 240 g/mol. The van der Waals surface area contributed by atoms with E-state index in [0.717, 1.165) is 0 Å². The third-order valence-corrected chi connectivity index (χ3v) is 2.61. The fourth-order valence-corrected chi connectivity index (χ4v) is 1.42. The molecule has 0 saturated carbocycles. The molecule has 0 aromatic carbocycles. The lowest BCUT2D eigenvalue weighted by molar-refractivity contribution is -0.157. The van der Waals surface area contributed by atoms with Gasteiger partial charge < -0.3 is 9.84 Å². The number of hydrogen-bond acceptors (Lipinski definition) is 3. The molecule has 0 fully saturated rings. The SMILES string of the molecule is C=CCC(CO)(CC=C)COC(=O)C(C)(C)C. The highest BCUT2D eigenvalue weighted by atomic mass is 16.5. The van der Waals surface area contributed by atoms with E-state index in [-0.39, 0.29) is 19.2 Å². The summed E-state index contributed by atoms with van der Waals surface area (Å²) in [6.45, 7) is 12.9. The lowest BCUT2D eigenvalue weighted by Crippen LogP contribution is -2.34. The van der Waals surface area contributed by atoms with E-state index in [1.165, 1.54) is 0 Å². The van der Waals surface area contributed by atoms with E-state index in [9.17, 15) is 9.90 Å². The fraction of sp³-hybridized carbons (Fsp3) is 0.643. The molecule has 0 amide bonds. The van der Waals surface area contributed by atoms with Gasteiger partial charge in [-0.05, 0) is 33.6 Å². The Balaban J connectivity index is 4.59. The number of ether oxygens (including phenoxy) is 1. The highest BCUT2D eigenvalue weighted by Gasteiger charge is 2.31. The van der Waals surface area contributed by atoms with Crippen LogP contribution >= 0.6 is 0 Å². The van der Waals surface area contributed by atoms with Crippen LogP contribution < -0.4 is 0 Å². The van der Waals surface area contributed by atoms with Crippen LogP contribution in [-0.4, -0.2) is 24.3 Å². The molecular formula is C14H24O3. The predicted octanol–water partition coefficient (Wildman–Crippen LogP) is 2.71. The highest BCUT2D eigenvalue weighted by Crippen LogP contribution is 2.29. The topological polar surface area (TPSA) is 46.5 Å². The summed E-state index contributed by atoms with van der Waals surface area (Å²) in [5.41, 5.74) is -1.01. The van der Waals surface area contributed by atoms with E-state index in [2.05, 4.69) is 13.2 Å². The number of hydrogen-bond donors (Lipinski definition) is 1. The van der Waals surface area contributed by atoms with Crippen LogP contribution in [-0.2, 0) is 9.53 Å². The maximum Gasteiger partial charge on any atom is 0.311 e. The molecule has 0 aromatic heterocycles. The third kappa shape index (κ3) is 5.18. The van der Waals surface area contributed by atoms with Crippen LogP contribution in [0.3, 0.4) is 0 Å². The Bertz CT molecular complexity index is 264. The predicted molar refractivity (Wildman–Crippen MR) is 69.6 cm³/mol. The van der Waals surface area contributed by atoms with E-state index >= 15 is 0 Å². The van der Waals surface area contributed by atoms with Crippen molar-refractivity contribution >= 4 is 5.97 Å². The van der Waals surface area contributed by atoms with E-state index in [0.29, 0.717) is 12.8 Å². The minimum atomic E-state index is -0.524. The van der Waals surface area contributed by atoms with Crippen LogP contribution in [0.2, 0.25) is 0 Å². The number of carbonyl (C=O) groups is 1. The standard InChI is InChI=1S/C14H24O3/c1-6-8-14(10-15,9-7-2)11-17-12(16)13(3,4)5/h6-7,15H,1-2,8-11H2,3-5H3. The summed E-state index contributed by atoms with van der Waals surface area (Å²) < 4.78 is 5.27. The first-order valence-corrected chi connectivity index (χ1v) is 5.81. The molecule has 0 aliphatic carbocycles. The molecule has 3 heteroatoms. The van der Waals surface area contributed by atoms with Crippen molar-refractivity contribution in [1.29, 1.82) is 0 Å². The minimum absolute atomic E-state index is 0.0531. The molecule has 0 bridgehead atoms. The Labute approximate surface area is 104 Å². The second-order valence-corrected chi connectivity index (χ2v) is 5.47. The maximum absolute atomic E-state index is 11.7. The molecule has 0 unspecified atom stereocenters. The fourth-order valence-electron chi connectivity index (χ4n) is 1.42. The van der Waals surface area contributed by atoms with Crippen molar-refractivity contribution in [3.05, 3.63) is 25.3 Å². The minimum Gasteiger partial charge on any atom is -0.465 e. The molecular weight excluding hydrogens is 216 g/mol. The Hall–Kier alpha value is -1.09. The zero-order valence-electron chi connectivity index (χ0n) is 11.2. The van der Waals surface area contributed by atoms with Gasteiger partial charge in [-0.2, -0.15) is 0 Å². The number of esters is 1. The molecule has 0 heterocycles. The summed E-state index contributed by atoms with van der Waals surface area (Å²) in [7, 11) is 0. The van der Waals surface area contributed by atoms with Crippen molar-refractivity contribution in [2.24, 2.45) is 10.8 Å². The average Bonchev–Trinajstić information content (AvgIpc) is 2.24. The smallest absolute Gasteiger partial charge is 0.311 e. The summed E-state index contributed by atoms with van der Waals surface area (Å²) in [5, 5.41) is 9.47. The van der Waals surface area contributed by atoms with Gasteiger partial charge in [0.15, 0.2) is 0 Å². The summed E-state index contributed by atoms with van der Waals surface area (Å²) in [6, 6.07) is 0. The lowest BCUT2D eigenvalue weighted by atomic mass is 9.82. The number of rotatable bonds is 7. The van der Waals surface area contributed by atoms with Crippen molar-refractivity contribution in [2.75, 3.05) is 13.2 Å². The number of allylic oxidation sites excluding steroid dienone is 2. The van der Waals surface area contributed by atoms with Gasteiger partial charge in [0.2, 0.25) is 0 Å². The van der Waals surface area contributed by atoms with Crippen molar-refractivity contribution in [2.45, 2.75) is 33.6 Å². The maximum atomic E-state index is 11.7. The molecule has 0 saturated heterocycles. The van der Waals surface area contributed by atoms with Crippen LogP contribution in [0.4, 0.5) is 0 Å². The largest absolute Gasteiger partial charge is 0.465 e. The quantitative estimate of drug-likeness (QED) is 0.550. The Morgan fingerprint density at radius 3 is 2.00 bits per heavy atom. The zero-order chi connectivity index (χ0) is 13.5. The summed E-state index contributed by atoms with van der Waals surface area (Å²) >= 11 is 0. The van der Waals surface area contributed by atoms with Crippen LogP contribution in [0.15, 0.2) is 25.3 Å². The Morgan fingerprint density at radius 1 is 1.24 bits per heavy atom. The van der Waals surface area contributed by atoms with E-state index in [4.69, 9.17) is 4.74 Å². The molecule has 0 spiro atoms. The second kappa shape index (κ2) is 6.60. The molecule has 98 valence electrons.